The molecule has 1 saturated carbocycles. The van der Waals surface area contributed by atoms with E-state index >= 15 is 0 Å². The van der Waals surface area contributed by atoms with E-state index in [0.29, 0.717) is 25.4 Å². The minimum Gasteiger partial charge on any atom is -0.480 e. The van der Waals surface area contributed by atoms with Crippen molar-refractivity contribution in [3.8, 4) is 0 Å². The number of hydrogen-bond donors (Lipinski definition) is 3. The summed E-state index contributed by atoms with van der Waals surface area (Å²) < 4.78 is 5.98. The smallest absolute Gasteiger partial charge is 0.326 e. The van der Waals surface area contributed by atoms with Gasteiger partial charge < -0.3 is 20.5 Å². The largest absolute Gasteiger partial charge is 0.480 e. The molecule has 2 aliphatic rings. The number of hydrogen-bond acceptors (Lipinski definition) is 5. The van der Waals surface area contributed by atoms with Crippen LogP contribution in [0.25, 0.3) is 0 Å². The number of benzene rings is 1. The molecule has 7 nitrogen and oxygen atoms in total. The highest BCUT2D eigenvalue weighted by molar-refractivity contribution is 5.91. The van der Waals surface area contributed by atoms with Gasteiger partial charge in [0.05, 0.1) is 11.5 Å². The maximum Gasteiger partial charge on any atom is 0.326 e. The summed E-state index contributed by atoms with van der Waals surface area (Å²) >= 11 is 0. The molecule has 1 amide bonds. The summed E-state index contributed by atoms with van der Waals surface area (Å²) in [7, 11) is 0. The third-order valence-corrected chi connectivity index (χ3v) is 8.28. The fourth-order valence-electron chi connectivity index (χ4n) is 5.68. The van der Waals surface area contributed by atoms with E-state index in [1.807, 2.05) is 44.2 Å². The molecule has 0 spiro atoms. The van der Waals surface area contributed by atoms with Gasteiger partial charge in [0.1, 0.15) is 11.9 Å². The number of ether oxygens (including phenoxy) is 1. The average Bonchev–Trinajstić information content (AvgIpc) is 2.90. The van der Waals surface area contributed by atoms with Gasteiger partial charge in [-0.3, -0.25) is 4.79 Å². The minimum atomic E-state index is -1.02. The lowest BCUT2D eigenvalue weighted by Gasteiger charge is -2.36. The Kier molecular flexibility index (Phi) is 9.19. The second-order valence-corrected chi connectivity index (χ2v) is 10.5. The lowest BCUT2D eigenvalue weighted by Crippen LogP contribution is -2.50. The number of amides is 1. The van der Waals surface area contributed by atoms with Gasteiger partial charge in [-0.05, 0) is 74.5 Å². The Hall–Kier alpha value is -2.93. The summed E-state index contributed by atoms with van der Waals surface area (Å²) in [5.41, 5.74) is 2.64. The molecular formula is C30H41N3O4. The number of nitrogens with zero attached hydrogens (tertiary/aromatic N) is 1. The van der Waals surface area contributed by atoms with Crippen LogP contribution < -0.4 is 10.6 Å². The standard InChI is InChI=1S/C30H41N3O4/c1-3-30(4-2,23-10-6-5-7-11-23)29(36)33-26(28(34)35)16-18-37-25-19-21(20-25)12-14-24-15-13-22-9-8-17-31-27(22)32-24/h5-7,10-11,13,15,21,25-26H,3-4,8-9,12,14,16-20H2,1-2H3,(H,31,32)(H,33,36)(H,34,35)/t21?,25?,26-/m0/s1. The van der Waals surface area contributed by atoms with Gasteiger partial charge in [-0.1, -0.05) is 50.2 Å². The van der Waals surface area contributed by atoms with E-state index in [2.05, 4.69) is 22.8 Å². The molecule has 1 aromatic heterocycles. The number of carboxylic acid groups (broad SMARTS) is 1. The highest BCUT2D eigenvalue weighted by Crippen LogP contribution is 2.34. The molecule has 2 heterocycles. The molecule has 1 atom stereocenters. The van der Waals surface area contributed by atoms with E-state index in [9.17, 15) is 14.7 Å². The third kappa shape index (κ3) is 6.50. The summed E-state index contributed by atoms with van der Waals surface area (Å²) in [6.45, 7) is 5.27. The van der Waals surface area contributed by atoms with E-state index in [1.165, 1.54) is 12.0 Å². The molecular weight excluding hydrogens is 466 g/mol. The number of pyridine rings is 1. The van der Waals surface area contributed by atoms with Crippen molar-refractivity contribution in [3.05, 3.63) is 59.3 Å². The van der Waals surface area contributed by atoms with Crippen LogP contribution in [0.2, 0.25) is 0 Å². The van der Waals surface area contributed by atoms with Crippen LogP contribution in [0.3, 0.4) is 0 Å². The Morgan fingerprint density at radius 3 is 2.62 bits per heavy atom. The Bertz CT molecular complexity index is 1050. The predicted octanol–water partition coefficient (Wildman–Crippen LogP) is 4.89. The molecule has 37 heavy (non-hydrogen) atoms. The van der Waals surface area contributed by atoms with Crippen LogP contribution in [0.4, 0.5) is 5.82 Å². The topological polar surface area (TPSA) is 101 Å². The van der Waals surface area contributed by atoms with Gasteiger partial charge in [0.25, 0.3) is 0 Å². The maximum absolute atomic E-state index is 13.3. The first-order chi connectivity index (χ1) is 17.9. The highest BCUT2D eigenvalue weighted by atomic mass is 16.5. The molecule has 0 unspecified atom stereocenters. The van der Waals surface area contributed by atoms with Crippen molar-refractivity contribution in [1.82, 2.24) is 10.3 Å². The molecule has 4 rings (SSSR count). The van der Waals surface area contributed by atoms with E-state index < -0.39 is 17.4 Å². The fraction of sp³-hybridized carbons (Fsp3) is 0.567. The SMILES string of the molecule is CCC(CC)(C(=O)N[C@@H](CCOC1CC(CCc2ccc3c(n2)NCCC3)C1)C(=O)O)c1ccccc1. The highest BCUT2D eigenvalue weighted by Gasteiger charge is 2.38. The Labute approximate surface area is 220 Å². The van der Waals surface area contributed by atoms with E-state index in [0.717, 1.165) is 55.7 Å². The van der Waals surface area contributed by atoms with Crippen LogP contribution in [-0.4, -0.2) is 47.3 Å². The molecule has 0 radical (unpaired) electrons. The zero-order chi connectivity index (χ0) is 26.3. The molecule has 3 N–H and O–H groups in total. The molecule has 1 aromatic carbocycles. The van der Waals surface area contributed by atoms with Crippen LogP contribution in [-0.2, 0) is 32.6 Å². The van der Waals surface area contributed by atoms with Crippen molar-refractivity contribution in [3.63, 3.8) is 0 Å². The molecule has 1 aliphatic heterocycles. The van der Waals surface area contributed by atoms with Gasteiger partial charge >= 0.3 is 5.97 Å². The van der Waals surface area contributed by atoms with Gasteiger partial charge in [-0.15, -0.1) is 0 Å². The predicted molar refractivity (Wildman–Crippen MR) is 145 cm³/mol. The summed E-state index contributed by atoms with van der Waals surface area (Å²) in [5.74, 6) is 0.416. The molecule has 1 fully saturated rings. The van der Waals surface area contributed by atoms with Gasteiger partial charge in [-0.2, -0.15) is 0 Å². The summed E-state index contributed by atoms with van der Waals surface area (Å²) in [6.07, 6.45) is 7.96. The summed E-state index contributed by atoms with van der Waals surface area (Å²) in [5, 5.41) is 16.0. The van der Waals surface area contributed by atoms with Crippen LogP contribution in [0.1, 0.15) is 75.6 Å². The number of aromatic nitrogens is 1. The number of aliphatic carboxylic acids is 1. The zero-order valence-corrected chi connectivity index (χ0v) is 22.2. The number of rotatable bonds is 13. The second kappa shape index (κ2) is 12.5. The zero-order valence-electron chi connectivity index (χ0n) is 22.2. The van der Waals surface area contributed by atoms with Crippen LogP contribution in [0, 0.1) is 5.92 Å². The summed E-state index contributed by atoms with van der Waals surface area (Å²) in [4.78, 5) is 30.0. The van der Waals surface area contributed by atoms with Crippen molar-refractivity contribution < 1.29 is 19.4 Å². The first-order valence-corrected chi connectivity index (χ1v) is 13.9. The van der Waals surface area contributed by atoms with Crippen molar-refractivity contribution in [2.75, 3.05) is 18.5 Å². The molecule has 0 saturated heterocycles. The molecule has 0 bridgehead atoms. The number of nitrogens with one attached hydrogen (secondary N) is 2. The van der Waals surface area contributed by atoms with Crippen molar-refractivity contribution in [2.24, 2.45) is 5.92 Å². The number of fused-ring (bicyclic) bond motifs is 1. The van der Waals surface area contributed by atoms with Crippen molar-refractivity contribution >= 4 is 17.7 Å². The first-order valence-electron chi connectivity index (χ1n) is 13.9. The number of carbonyl (C=O) groups excluding carboxylic acids is 1. The van der Waals surface area contributed by atoms with Crippen LogP contribution in [0.5, 0.6) is 0 Å². The van der Waals surface area contributed by atoms with Crippen molar-refractivity contribution in [1.29, 1.82) is 0 Å². The Balaban J connectivity index is 1.20. The number of aryl methyl sites for hydroxylation is 2. The quantitative estimate of drug-likeness (QED) is 0.357. The molecule has 1 aliphatic carbocycles. The number of carboxylic acids is 1. The number of carbonyl (C=O) groups is 2. The monoisotopic (exact) mass is 507 g/mol. The van der Waals surface area contributed by atoms with Gasteiger partial charge in [0.15, 0.2) is 0 Å². The second-order valence-electron chi connectivity index (χ2n) is 10.5. The lowest BCUT2D eigenvalue weighted by atomic mass is 9.75. The average molecular weight is 508 g/mol. The Morgan fingerprint density at radius 2 is 1.92 bits per heavy atom. The minimum absolute atomic E-state index is 0.169. The first kappa shape index (κ1) is 27.1. The van der Waals surface area contributed by atoms with E-state index in [1.54, 1.807) is 0 Å². The van der Waals surface area contributed by atoms with Gasteiger partial charge in [0.2, 0.25) is 5.91 Å². The molecule has 7 heteroatoms. The van der Waals surface area contributed by atoms with Gasteiger partial charge in [-0.25, -0.2) is 9.78 Å². The molecule has 2 aromatic rings. The van der Waals surface area contributed by atoms with Crippen LogP contribution in [0.15, 0.2) is 42.5 Å². The Morgan fingerprint density at radius 1 is 1.16 bits per heavy atom. The third-order valence-electron chi connectivity index (χ3n) is 8.28. The normalized spacial score (nSPS) is 19.7. The maximum atomic E-state index is 13.3. The number of anilines is 1. The van der Waals surface area contributed by atoms with Crippen molar-refractivity contribution in [2.45, 2.75) is 89.2 Å². The fourth-order valence-corrected chi connectivity index (χ4v) is 5.68. The van der Waals surface area contributed by atoms with Gasteiger partial charge in [0, 0.05) is 25.3 Å². The van der Waals surface area contributed by atoms with E-state index in [4.69, 9.17) is 9.72 Å². The lowest BCUT2D eigenvalue weighted by molar-refractivity contribution is -0.144. The van der Waals surface area contributed by atoms with Crippen LogP contribution >= 0.6 is 0 Å². The van der Waals surface area contributed by atoms with E-state index in [-0.39, 0.29) is 18.4 Å². The molecule has 200 valence electrons. The summed E-state index contributed by atoms with van der Waals surface area (Å²) in [6, 6.07) is 13.0.